The second-order valence-electron chi connectivity index (χ2n) is 5.19. The molecule has 1 aliphatic rings. The van der Waals surface area contributed by atoms with Crippen LogP contribution in [-0.2, 0) is 14.8 Å². The Bertz CT molecular complexity index is 612. The lowest BCUT2D eigenvalue weighted by atomic mass is 10.2. The average molecular weight is 335 g/mol. The van der Waals surface area contributed by atoms with Crippen molar-refractivity contribution in [2.45, 2.75) is 31.0 Å². The highest BCUT2D eigenvalue weighted by molar-refractivity contribution is 7.89. The standard InChI is InChI=1S/C13H19ClN2O4S/c1-8-5-16(6-10(7-17)20-8)21(18,19)11-3-12(14)9(2)13(15)4-11/h3-4,8,10,17H,5-7,15H2,1-2H3. The fraction of sp³-hybridized carbons (Fsp3) is 0.538. The molecule has 6 nitrogen and oxygen atoms in total. The number of morpholine rings is 1. The lowest BCUT2D eigenvalue weighted by Crippen LogP contribution is -2.50. The normalized spacial score (nSPS) is 24.2. The quantitative estimate of drug-likeness (QED) is 0.804. The first-order valence-corrected chi connectivity index (χ1v) is 8.39. The highest BCUT2D eigenvalue weighted by atomic mass is 35.5. The molecule has 0 radical (unpaired) electrons. The lowest BCUT2D eigenvalue weighted by molar-refractivity contribution is -0.0750. The lowest BCUT2D eigenvalue weighted by Gasteiger charge is -2.35. The van der Waals surface area contributed by atoms with E-state index in [1.54, 1.807) is 13.8 Å². The van der Waals surface area contributed by atoms with Crippen molar-refractivity contribution in [2.75, 3.05) is 25.4 Å². The van der Waals surface area contributed by atoms with Crippen LogP contribution in [0.1, 0.15) is 12.5 Å². The van der Waals surface area contributed by atoms with Crippen molar-refractivity contribution in [3.63, 3.8) is 0 Å². The Hall–Kier alpha value is -0.860. The zero-order valence-corrected chi connectivity index (χ0v) is 13.5. The molecular weight excluding hydrogens is 316 g/mol. The molecule has 2 atom stereocenters. The van der Waals surface area contributed by atoms with Crippen molar-refractivity contribution in [1.82, 2.24) is 4.31 Å². The van der Waals surface area contributed by atoms with Crippen LogP contribution in [0.25, 0.3) is 0 Å². The molecule has 3 N–H and O–H groups in total. The monoisotopic (exact) mass is 334 g/mol. The van der Waals surface area contributed by atoms with Crippen LogP contribution in [0.5, 0.6) is 0 Å². The van der Waals surface area contributed by atoms with Gasteiger partial charge in [-0.05, 0) is 31.5 Å². The molecular formula is C13H19ClN2O4S. The van der Waals surface area contributed by atoms with E-state index in [2.05, 4.69) is 0 Å². The van der Waals surface area contributed by atoms with Gasteiger partial charge in [0.15, 0.2) is 0 Å². The summed E-state index contributed by atoms with van der Waals surface area (Å²) in [5, 5.41) is 9.51. The van der Waals surface area contributed by atoms with E-state index in [-0.39, 0.29) is 30.7 Å². The Labute approximate surface area is 129 Å². The van der Waals surface area contributed by atoms with E-state index in [0.717, 1.165) is 0 Å². The average Bonchev–Trinajstić information content (AvgIpc) is 2.43. The maximum Gasteiger partial charge on any atom is 0.243 e. The number of aliphatic hydroxyl groups excluding tert-OH is 1. The van der Waals surface area contributed by atoms with E-state index in [9.17, 15) is 13.5 Å². The van der Waals surface area contributed by atoms with Gasteiger partial charge in [-0.15, -0.1) is 0 Å². The summed E-state index contributed by atoms with van der Waals surface area (Å²) in [4.78, 5) is 0.0568. The fourth-order valence-electron chi connectivity index (χ4n) is 2.27. The van der Waals surface area contributed by atoms with E-state index >= 15 is 0 Å². The second kappa shape index (κ2) is 6.10. The van der Waals surface area contributed by atoms with Crippen molar-refractivity contribution in [3.8, 4) is 0 Å². The zero-order chi connectivity index (χ0) is 15.8. The maximum absolute atomic E-state index is 12.7. The van der Waals surface area contributed by atoms with Crippen LogP contribution < -0.4 is 5.73 Å². The SMILES string of the molecule is Cc1c(N)cc(S(=O)(=O)N2CC(C)OC(CO)C2)cc1Cl. The molecule has 0 aromatic heterocycles. The minimum absolute atomic E-state index is 0.0568. The molecule has 1 aromatic carbocycles. The molecule has 1 heterocycles. The summed E-state index contributed by atoms with van der Waals surface area (Å²) in [5.74, 6) is 0. The Kier molecular flexibility index (Phi) is 4.79. The van der Waals surface area contributed by atoms with Gasteiger partial charge >= 0.3 is 0 Å². The number of halogens is 1. The molecule has 118 valence electrons. The van der Waals surface area contributed by atoms with E-state index in [1.807, 2.05) is 0 Å². The number of benzene rings is 1. The third kappa shape index (κ3) is 3.32. The van der Waals surface area contributed by atoms with Gasteiger partial charge in [0.2, 0.25) is 10.0 Å². The Morgan fingerprint density at radius 3 is 2.71 bits per heavy atom. The van der Waals surface area contributed by atoms with Crippen LogP contribution in [-0.4, -0.2) is 49.7 Å². The van der Waals surface area contributed by atoms with Gasteiger partial charge in [0.05, 0.1) is 23.7 Å². The molecule has 2 unspecified atom stereocenters. The van der Waals surface area contributed by atoms with Crippen LogP contribution in [0.15, 0.2) is 17.0 Å². The number of nitrogens with zero attached hydrogens (tertiary/aromatic N) is 1. The minimum Gasteiger partial charge on any atom is -0.398 e. The van der Waals surface area contributed by atoms with E-state index in [1.165, 1.54) is 16.4 Å². The smallest absolute Gasteiger partial charge is 0.243 e. The van der Waals surface area contributed by atoms with Crippen LogP contribution >= 0.6 is 11.6 Å². The maximum atomic E-state index is 12.7. The number of rotatable bonds is 3. The van der Waals surface area contributed by atoms with Gasteiger partial charge in [0, 0.05) is 23.8 Å². The fourth-order valence-corrected chi connectivity index (χ4v) is 4.17. The van der Waals surface area contributed by atoms with E-state index < -0.39 is 16.1 Å². The first-order valence-electron chi connectivity index (χ1n) is 6.57. The number of anilines is 1. The Morgan fingerprint density at radius 2 is 2.14 bits per heavy atom. The predicted molar refractivity (Wildman–Crippen MR) is 80.8 cm³/mol. The van der Waals surface area contributed by atoms with Gasteiger partial charge in [-0.2, -0.15) is 4.31 Å². The Balaban J connectivity index is 2.37. The molecule has 1 fully saturated rings. The third-order valence-corrected chi connectivity index (χ3v) is 5.69. The largest absolute Gasteiger partial charge is 0.398 e. The highest BCUT2D eigenvalue weighted by Crippen LogP contribution is 2.29. The summed E-state index contributed by atoms with van der Waals surface area (Å²) in [5.41, 5.74) is 6.78. The molecule has 21 heavy (non-hydrogen) atoms. The van der Waals surface area contributed by atoms with Crippen LogP contribution in [0.4, 0.5) is 5.69 Å². The summed E-state index contributed by atoms with van der Waals surface area (Å²) in [6, 6.07) is 2.81. The van der Waals surface area contributed by atoms with Crippen molar-refractivity contribution < 1.29 is 18.3 Å². The number of nitrogens with two attached hydrogens (primary N) is 1. The number of hydrogen-bond donors (Lipinski definition) is 2. The zero-order valence-electron chi connectivity index (χ0n) is 11.9. The van der Waals surface area contributed by atoms with Crippen molar-refractivity contribution in [2.24, 2.45) is 0 Å². The van der Waals surface area contributed by atoms with Crippen molar-refractivity contribution in [3.05, 3.63) is 22.7 Å². The molecule has 0 aliphatic carbocycles. The summed E-state index contributed by atoms with van der Waals surface area (Å²) < 4.78 is 32.1. The molecule has 0 saturated carbocycles. The summed E-state index contributed by atoms with van der Waals surface area (Å²) >= 11 is 6.02. The topological polar surface area (TPSA) is 92.9 Å². The number of aliphatic hydroxyl groups is 1. The third-order valence-electron chi connectivity index (χ3n) is 3.49. The molecule has 0 amide bonds. The summed E-state index contributed by atoms with van der Waals surface area (Å²) in [6.45, 7) is 3.60. The summed E-state index contributed by atoms with van der Waals surface area (Å²) in [7, 11) is -3.72. The number of ether oxygens (including phenoxy) is 1. The minimum atomic E-state index is -3.72. The number of nitrogen functional groups attached to an aromatic ring is 1. The van der Waals surface area contributed by atoms with Gasteiger partial charge in [0.1, 0.15) is 0 Å². The van der Waals surface area contributed by atoms with Crippen LogP contribution in [0.2, 0.25) is 5.02 Å². The molecule has 1 aliphatic heterocycles. The summed E-state index contributed by atoms with van der Waals surface area (Å²) in [6.07, 6.45) is -0.814. The molecule has 0 bridgehead atoms. The first kappa shape index (κ1) is 16.5. The second-order valence-corrected chi connectivity index (χ2v) is 7.54. The van der Waals surface area contributed by atoms with Gasteiger partial charge in [-0.25, -0.2) is 8.42 Å². The molecule has 1 aromatic rings. The van der Waals surface area contributed by atoms with Crippen LogP contribution in [0, 0.1) is 6.92 Å². The number of hydrogen-bond acceptors (Lipinski definition) is 5. The number of sulfonamides is 1. The van der Waals surface area contributed by atoms with E-state index in [4.69, 9.17) is 22.1 Å². The molecule has 1 saturated heterocycles. The van der Waals surface area contributed by atoms with E-state index in [0.29, 0.717) is 16.3 Å². The van der Waals surface area contributed by atoms with Gasteiger partial charge in [0.25, 0.3) is 0 Å². The molecule has 8 heteroatoms. The molecule has 2 rings (SSSR count). The highest BCUT2D eigenvalue weighted by Gasteiger charge is 2.34. The predicted octanol–water partition coefficient (Wildman–Crippen LogP) is 1.00. The molecule has 0 spiro atoms. The van der Waals surface area contributed by atoms with Crippen LogP contribution in [0.3, 0.4) is 0 Å². The van der Waals surface area contributed by atoms with Gasteiger partial charge < -0.3 is 15.6 Å². The van der Waals surface area contributed by atoms with Gasteiger partial charge in [-0.1, -0.05) is 11.6 Å². The van der Waals surface area contributed by atoms with Crippen molar-refractivity contribution >= 4 is 27.3 Å². The van der Waals surface area contributed by atoms with Crippen molar-refractivity contribution in [1.29, 1.82) is 0 Å². The van der Waals surface area contributed by atoms with Gasteiger partial charge in [-0.3, -0.25) is 0 Å². The Morgan fingerprint density at radius 1 is 1.48 bits per heavy atom. The first-order chi connectivity index (χ1) is 9.75.